The number of aromatic nitrogens is 4. The summed E-state index contributed by atoms with van der Waals surface area (Å²) < 4.78 is 24.2. The minimum absolute atomic E-state index is 0.00789. The quantitative estimate of drug-likeness (QED) is 0.660. The Hall–Kier alpha value is -3.24. The van der Waals surface area contributed by atoms with E-state index in [1.165, 1.54) is 16.9 Å². The first-order valence-corrected chi connectivity index (χ1v) is 9.70. The lowest BCUT2D eigenvalue weighted by molar-refractivity contribution is -0.155. The molecule has 2 aromatic rings. The van der Waals surface area contributed by atoms with Crippen molar-refractivity contribution >= 4 is 12.1 Å². The first-order chi connectivity index (χ1) is 14.2. The molecule has 0 aliphatic rings. The maximum atomic E-state index is 13.6. The van der Waals surface area contributed by atoms with Crippen LogP contribution in [-0.2, 0) is 20.8 Å². The van der Waals surface area contributed by atoms with Gasteiger partial charge in [0, 0.05) is 5.56 Å². The Balaban J connectivity index is 2.15. The highest BCUT2D eigenvalue weighted by molar-refractivity contribution is 5.73. The van der Waals surface area contributed by atoms with Crippen molar-refractivity contribution in [1.82, 2.24) is 25.5 Å². The molecule has 0 radical (unpaired) electrons. The third kappa shape index (κ3) is 8.19. The van der Waals surface area contributed by atoms with Gasteiger partial charge in [-0.15, -0.1) is 10.2 Å². The summed E-state index contributed by atoms with van der Waals surface area (Å²) in [5.74, 6) is -1.71. The molecule has 1 atom stereocenters. The number of aromatic hydroxyl groups is 1. The van der Waals surface area contributed by atoms with Crippen molar-refractivity contribution in [2.75, 3.05) is 0 Å². The fourth-order valence-corrected chi connectivity index (χ4v) is 2.50. The molecule has 0 aliphatic heterocycles. The molecule has 0 saturated heterocycles. The number of tetrazole rings is 1. The highest BCUT2D eigenvalue weighted by Gasteiger charge is 2.25. The second-order valence-corrected chi connectivity index (χ2v) is 8.97. The summed E-state index contributed by atoms with van der Waals surface area (Å²) in [5.41, 5.74) is -1.09. The van der Waals surface area contributed by atoms with Crippen LogP contribution >= 0.6 is 0 Å². The second-order valence-electron chi connectivity index (χ2n) is 8.97. The van der Waals surface area contributed by atoms with Gasteiger partial charge in [-0.1, -0.05) is 0 Å². The van der Waals surface area contributed by atoms with Crippen LogP contribution in [0, 0.1) is 5.82 Å². The molecule has 0 fully saturated rings. The van der Waals surface area contributed by atoms with Crippen LogP contribution in [-0.4, -0.2) is 54.6 Å². The first-order valence-electron chi connectivity index (χ1n) is 9.70. The lowest BCUT2D eigenvalue weighted by Crippen LogP contribution is -2.43. The van der Waals surface area contributed by atoms with Gasteiger partial charge in [0.1, 0.15) is 11.2 Å². The van der Waals surface area contributed by atoms with Gasteiger partial charge in [-0.3, -0.25) is 4.79 Å². The van der Waals surface area contributed by atoms with Crippen molar-refractivity contribution in [2.24, 2.45) is 0 Å². The summed E-state index contributed by atoms with van der Waals surface area (Å²) in [6.45, 7) is 10.4. The fraction of sp³-hybridized carbons (Fsp3) is 0.550. The number of ether oxygens (including phenoxy) is 2. The summed E-state index contributed by atoms with van der Waals surface area (Å²) in [4.78, 5) is 25.7. The number of rotatable bonds is 6. The molecule has 1 amide bonds. The van der Waals surface area contributed by atoms with Crippen LogP contribution in [0.4, 0.5) is 9.18 Å². The molecule has 0 bridgehead atoms. The summed E-state index contributed by atoms with van der Waals surface area (Å²) in [6.07, 6.45) is -0.858. The molecule has 11 heteroatoms. The molecule has 0 saturated carbocycles. The molecule has 0 spiro atoms. The van der Waals surface area contributed by atoms with Crippen LogP contribution < -0.4 is 5.32 Å². The van der Waals surface area contributed by atoms with Gasteiger partial charge in [0.25, 0.3) is 0 Å². The number of amides is 1. The molecule has 2 rings (SSSR count). The van der Waals surface area contributed by atoms with E-state index in [0.29, 0.717) is 5.56 Å². The molecule has 0 unspecified atom stereocenters. The van der Waals surface area contributed by atoms with Gasteiger partial charge in [-0.25, -0.2) is 9.18 Å². The Labute approximate surface area is 179 Å². The normalized spacial score (nSPS) is 12.9. The Kier molecular flexibility index (Phi) is 7.19. The molecule has 10 nitrogen and oxygen atoms in total. The van der Waals surface area contributed by atoms with E-state index in [2.05, 4.69) is 20.7 Å². The maximum absolute atomic E-state index is 13.6. The number of benzene rings is 1. The van der Waals surface area contributed by atoms with Crippen LogP contribution in [0.2, 0.25) is 0 Å². The summed E-state index contributed by atoms with van der Waals surface area (Å²) >= 11 is 0. The van der Waals surface area contributed by atoms with Crippen LogP contribution in [0.3, 0.4) is 0 Å². The van der Waals surface area contributed by atoms with Crippen molar-refractivity contribution in [3.63, 3.8) is 0 Å². The highest BCUT2D eigenvalue weighted by atomic mass is 19.1. The molecule has 1 aromatic heterocycles. The molecule has 0 aliphatic carbocycles. The van der Waals surface area contributed by atoms with Gasteiger partial charge in [0.2, 0.25) is 5.82 Å². The van der Waals surface area contributed by atoms with E-state index in [4.69, 9.17) is 9.47 Å². The Morgan fingerprint density at radius 1 is 1.16 bits per heavy atom. The Bertz CT molecular complexity index is 903. The van der Waals surface area contributed by atoms with E-state index in [9.17, 15) is 19.1 Å². The predicted molar refractivity (Wildman–Crippen MR) is 108 cm³/mol. The van der Waals surface area contributed by atoms with E-state index in [-0.39, 0.29) is 18.8 Å². The van der Waals surface area contributed by atoms with Crippen LogP contribution in [0.25, 0.3) is 11.4 Å². The molecule has 2 N–H and O–H groups in total. The van der Waals surface area contributed by atoms with Crippen molar-refractivity contribution in [3.8, 4) is 17.1 Å². The predicted octanol–water partition coefficient (Wildman–Crippen LogP) is 2.81. The van der Waals surface area contributed by atoms with E-state index >= 15 is 0 Å². The molecule has 170 valence electrons. The highest BCUT2D eigenvalue weighted by Crippen LogP contribution is 2.21. The van der Waals surface area contributed by atoms with E-state index in [0.717, 1.165) is 6.07 Å². The molecular formula is C20H28FN5O5. The Morgan fingerprint density at radius 3 is 2.39 bits per heavy atom. The summed E-state index contributed by atoms with van der Waals surface area (Å²) in [5, 5.41) is 23.8. The third-order valence-corrected chi connectivity index (χ3v) is 3.60. The van der Waals surface area contributed by atoms with Crippen molar-refractivity contribution in [3.05, 3.63) is 24.0 Å². The number of halogens is 1. The van der Waals surface area contributed by atoms with Crippen LogP contribution in [0.5, 0.6) is 5.75 Å². The Morgan fingerprint density at radius 2 is 1.81 bits per heavy atom. The number of alkyl carbamates (subject to hydrolysis) is 1. The molecule has 31 heavy (non-hydrogen) atoms. The number of nitrogens with one attached hydrogen (secondary N) is 1. The standard InChI is InChI=1S/C20H28FN5O5/c1-19(2,3)30-16(28)10-13(22-18(29)31-20(4,5)6)11-26-24-17(23-25-26)12-7-8-15(27)14(21)9-12/h7-9,13,27H,10-11H2,1-6H3,(H,22,29)/t13-/m0/s1. The zero-order valence-corrected chi connectivity index (χ0v) is 18.5. The average molecular weight is 437 g/mol. The minimum Gasteiger partial charge on any atom is -0.505 e. The average Bonchev–Trinajstić information content (AvgIpc) is 3.02. The van der Waals surface area contributed by atoms with Crippen molar-refractivity contribution in [1.29, 1.82) is 0 Å². The zero-order valence-electron chi connectivity index (χ0n) is 18.5. The summed E-state index contributed by atoms with van der Waals surface area (Å²) in [6, 6.07) is 2.95. The second kappa shape index (κ2) is 9.27. The SMILES string of the molecule is CC(C)(C)OC(=O)C[C@@H](Cn1nnc(-c2ccc(O)c(F)c2)n1)NC(=O)OC(C)(C)C. The van der Waals surface area contributed by atoms with Crippen LogP contribution in [0.1, 0.15) is 48.0 Å². The van der Waals surface area contributed by atoms with Crippen LogP contribution in [0.15, 0.2) is 18.2 Å². The van der Waals surface area contributed by atoms with Gasteiger partial charge in [0.15, 0.2) is 11.6 Å². The van der Waals surface area contributed by atoms with Gasteiger partial charge >= 0.3 is 12.1 Å². The monoisotopic (exact) mass is 437 g/mol. The maximum Gasteiger partial charge on any atom is 0.407 e. The smallest absolute Gasteiger partial charge is 0.407 e. The fourth-order valence-electron chi connectivity index (χ4n) is 2.50. The number of phenols is 1. The number of nitrogens with zero attached hydrogens (tertiary/aromatic N) is 4. The zero-order chi connectivity index (χ0) is 23.4. The number of carbonyl (C=O) groups is 2. The largest absolute Gasteiger partial charge is 0.505 e. The lowest BCUT2D eigenvalue weighted by Gasteiger charge is -2.24. The van der Waals surface area contributed by atoms with Crippen molar-refractivity contribution < 1.29 is 28.6 Å². The molecule has 1 aromatic carbocycles. The number of esters is 1. The molecular weight excluding hydrogens is 409 g/mol. The van der Waals surface area contributed by atoms with Gasteiger partial charge in [0.05, 0.1) is 19.0 Å². The van der Waals surface area contributed by atoms with Gasteiger partial charge in [-0.2, -0.15) is 4.80 Å². The number of hydrogen-bond acceptors (Lipinski definition) is 8. The van der Waals surface area contributed by atoms with Gasteiger partial charge < -0.3 is 19.9 Å². The number of phenolic OH excluding ortho intramolecular Hbond substituents is 1. The number of hydrogen-bond donors (Lipinski definition) is 2. The summed E-state index contributed by atoms with van der Waals surface area (Å²) in [7, 11) is 0. The lowest BCUT2D eigenvalue weighted by atomic mass is 10.1. The van der Waals surface area contributed by atoms with Crippen molar-refractivity contribution in [2.45, 2.75) is 71.8 Å². The first kappa shape index (κ1) is 24.0. The van der Waals surface area contributed by atoms with E-state index in [1.54, 1.807) is 41.5 Å². The number of carbonyl (C=O) groups excluding carboxylic acids is 2. The van der Waals surface area contributed by atoms with Gasteiger partial charge in [-0.05, 0) is 65.0 Å². The minimum atomic E-state index is -0.816. The topological polar surface area (TPSA) is 128 Å². The van der Waals surface area contributed by atoms with E-state index in [1.807, 2.05) is 0 Å². The third-order valence-electron chi connectivity index (χ3n) is 3.60. The molecule has 1 heterocycles. The van der Waals surface area contributed by atoms with E-state index < -0.39 is 40.9 Å².